The van der Waals surface area contributed by atoms with Gasteiger partial charge in [-0.05, 0) is 104 Å². The third-order valence-corrected chi connectivity index (χ3v) is 9.89. The van der Waals surface area contributed by atoms with Gasteiger partial charge in [-0.15, -0.1) is 0 Å². The molecular weight excluding hydrogens is 432 g/mol. The lowest BCUT2D eigenvalue weighted by atomic mass is 9.46. The van der Waals surface area contributed by atoms with Gasteiger partial charge < -0.3 is 18.6 Å². The van der Waals surface area contributed by atoms with Crippen LogP contribution in [-0.4, -0.2) is 25.7 Å². The van der Waals surface area contributed by atoms with Crippen molar-refractivity contribution in [3.63, 3.8) is 0 Å². The highest BCUT2D eigenvalue weighted by atomic mass is 16.8. The van der Waals surface area contributed by atoms with Crippen LogP contribution in [0, 0.1) is 28.6 Å². The van der Waals surface area contributed by atoms with Crippen LogP contribution in [0.4, 0.5) is 4.79 Å². The molecular formula is C28H38O6. The summed E-state index contributed by atoms with van der Waals surface area (Å²) in [6.45, 7) is 7.02. The normalized spacial score (nSPS) is 38.8. The van der Waals surface area contributed by atoms with E-state index in [2.05, 4.69) is 19.9 Å². The molecule has 0 saturated heterocycles. The Kier molecular flexibility index (Phi) is 6.38. The second-order valence-corrected chi connectivity index (χ2v) is 11.3. The summed E-state index contributed by atoms with van der Waals surface area (Å²) < 4.78 is 21.0. The first kappa shape index (κ1) is 23.7. The first-order chi connectivity index (χ1) is 16.3. The maximum atomic E-state index is 11.5. The highest BCUT2D eigenvalue weighted by Crippen LogP contribution is 2.67. The Morgan fingerprint density at radius 3 is 2.74 bits per heavy atom. The van der Waals surface area contributed by atoms with E-state index >= 15 is 0 Å². The molecule has 34 heavy (non-hydrogen) atoms. The summed E-state index contributed by atoms with van der Waals surface area (Å²) in [5.74, 6) is 2.43. The molecule has 7 atom stereocenters. The fourth-order valence-electron chi connectivity index (χ4n) is 8.11. The predicted molar refractivity (Wildman–Crippen MR) is 127 cm³/mol. The minimum Gasteiger partial charge on any atom is -0.435 e. The van der Waals surface area contributed by atoms with Gasteiger partial charge in [-0.1, -0.05) is 25.5 Å². The minimum absolute atomic E-state index is 0.0226. The molecule has 6 nitrogen and oxygen atoms in total. The van der Waals surface area contributed by atoms with Gasteiger partial charge in [0.1, 0.15) is 0 Å². The number of fused-ring (bicyclic) bond motifs is 5. The van der Waals surface area contributed by atoms with Crippen molar-refractivity contribution in [2.45, 2.75) is 84.2 Å². The van der Waals surface area contributed by atoms with E-state index in [1.54, 1.807) is 24.8 Å². The molecule has 4 aliphatic rings. The van der Waals surface area contributed by atoms with Crippen LogP contribution in [0.25, 0.3) is 0 Å². The molecule has 1 aromatic rings. The van der Waals surface area contributed by atoms with Crippen LogP contribution >= 0.6 is 0 Å². The second kappa shape index (κ2) is 9.18. The molecule has 3 fully saturated rings. The minimum atomic E-state index is -0.658. The average Bonchev–Trinajstić information content (AvgIpc) is 3.17. The van der Waals surface area contributed by atoms with Crippen LogP contribution in [0.1, 0.15) is 83.6 Å². The fraction of sp³-hybridized carbons (Fsp3) is 0.714. The van der Waals surface area contributed by atoms with E-state index < -0.39 is 6.16 Å². The van der Waals surface area contributed by atoms with Crippen LogP contribution in [0.3, 0.4) is 0 Å². The average molecular weight is 471 g/mol. The molecule has 6 heteroatoms. The lowest BCUT2D eigenvalue weighted by molar-refractivity contribution is -0.131. The Morgan fingerprint density at radius 2 is 1.97 bits per heavy atom. The maximum Gasteiger partial charge on any atom is 0.510 e. The monoisotopic (exact) mass is 470 g/mol. The molecule has 5 rings (SSSR count). The Balaban J connectivity index is 1.25. The molecule has 0 radical (unpaired) electrons. The van der Waals surface area contributed by atoms with Crippen molar-refractivity contribution in [3.8, 4) is 0 Å². The molecule has 0 amide bonds. The van der Waals surface area contributed by atoms with E-state index in [1.807, 2.05) is 6.07 Å². The third kappa shape index (κ3) is 4.02. The van der Waals surface area contributed by atoms with Crippen molar-refractivity contribution in [2.24, 2.45) is 28.6 Å². The predicted octanol–water partition coefficient (Wildman–Crippen LogP) is 6.20. The molecule has 0 spiro atoms. The van der Waals surface area contributed by atoms with Gasteiger partial charge in [0.2, 0.25) is 0 Å². The maximum absolute atomic E-state index is 11.5. The van der Waals surface area contributed by atoms with Gasteiger partial charge in [-0.3, -0.25) is 0 Å². The molecule has 0 unspecified atom stereocenters. The van der Waals surface area contributed by atoms with Gasteiger partial charge in [0, 0.05) is 6.07 Å². The van der Waals surface area contributed by atoms with Crippen LogP contribution in [-0.2, 0) is 14.2 Å². The second-order valence-electron chi connectivity index (χ2n) is 11.3. The highest BCUT2D eigenvalue weighted by Gasteiger charge is 2.57. The van der Waals surface area contributed by atoms with Crippen LogP contribution in [0.15, 0.2) is 39.3 Å². The van der Waals surface area contributed by atoms with Gasteiger partial charge in [0.05, 0.1) is 19.0 Å². The summed E-state index contributed by atoms with van der Waals surface area (Å²) in [5.41, 5.74) is 3.05. The topological polar surface area (TPSA) is 75.0 Å². The molecule has 0 bridgehead atoms. The van der Waals surface area contributed by atoms with Crippen molar-refractivity contribution in [1.29, 1.82) is 0 Å². The summed E-state index contributed by atoms with van der Waals surface area (Å²) in [6, 6.07) is 3.53. The number of ether oxygens (including phenoxy) is 3. The smallest absolute Gasteiger partial charge is 0.435 e. The Labute approximate surface area is 202 Å². The molecule has 3 saturated carbocycles. The SMILES string of the molecule is CCOC(=O)OCO[C@H]1CC[C@@]2(C)[C@H](CC[C@H]3C4=CC[C@H](c5ccc(=O)oc5)[C@@]4(C)CC[C@@H]32)C1. The van der Waals surface area contributed by atoms with Crippen molar-refractivity contribution in [3.05, 3.63) is 46.0 Å². The van der Waals surface area contributed by atoms with E-state index in [0.29, 0.717) is 29.8 Å². The Morgan fingerprint density at radius 1 is 1.12 bits per heavy atom. The summed E-state index contributed by atoms with van der Waals surface area (Å²) >= 11 is 0. The van der Waals surface area contributed by atoms with Gasteiger partial charge >= 0.3 is 11.8 Å². The largest absolute Gasteiger partial charge is 0.510 e. The molecule has 0 aliphatic heterocycles. The van der Waals surface area contributed by atoms with Crippen molar-refractivity contribution in [2.75, 3.05) is 13.4 Å². The van der Waals surface area contributed by atoms with E-state index in [0.717, 1.165) is 30.7 Å². The summed E-state index contributed by atoms with van der Waals surface area (Å²) in [6.07, 6.45) is 12.9. The van der Waals surface area contributed by atoms with Crippen molar-refractivity contribution in [1.82, 2.24) is 0 Å². The molecule has 0 N–H and O–H groups in total. The number of carbonyl (C=O) groups is 1. The standard InChI is InChI=1S/C28H38O6/c1-4-31-26(30)34-17-33-20-11-13-27(2)19(15-20)6-7-21-23-9-8-22(18-5-10-25(29)32-16-18)28(23,3)14-12-24(21)27/h5,9-10,16,19-22,24H,4,6-8,11-15,17H2,1-3H3/t19-,20+,21+,22-,24+,27+,28-/m1/s1. The fourth-order valence-corrected chi connectivity index (χ4v) is 8.11. The van der Waals surface area contributed by atoms with Gasteiger partial charge in [0.15, 0.2) is 6.79 Å². The van der Waals surface area contributed by atoms with E-state index in [1.165, 1.54) is 32.1 Å². The van der Waals surface area contributed by atoms with Gasteiger partial charge in [-0.25, -0.2) is 9.59 Å². The number of hydrogen-bond acceptors (Lipinski definition) is 6. The van der Waals surface area contributed by atoms with Crippen molar-refractivity contribution >= 4 is 6.16 Å². The van der Waals surface area contributed by atoms with E-state index in [-0.39, 0.29) is 23.9 Å². The number of hydrogen-bond donors (Lipinski definition) is 0. The first-order valence-electron chi connectivity index (χ1n) is 13.1. The zero-order valence-corrected chi connectivity index (χ0v) is 20.7. The number of carbonyl (C=O) groups excluding carboxylic acids is 1. The van der Waals surface area contributed by atoms with E-state index in [4.69, 9.17) is 18.6 Å². The molecule has 0 aromatic carbocycles. The first-order valence-corrected chi connectivity index (χ1v) is 13.1. The van der Waals surface area contributed by atoms with Crippen LogP contribution in [0.2, 0.25) is 0 Å². The zero-order chi connectivity index (χ0) is 23.9. The molecule has 186 valence electrons. The number of rotatable bonds is 5. The van der Waals surface area contributed by atoms with Crippen LogP contribution < -0.4 is 5.63 Å². The van der Waals surface area contributed by atoms with E-state index in [9.17, 15) is 9.59 Å². The van der Waals surface area contributed by atoms with Crippen molar-refractivity contribution < 1.29 is 23.4 Å². The third-order valence-electron chi connectivity index (χ3n) is 9.89. The number of allylic oxidation sites excluding steroid dienone is 2. The molecule has 4 aliphatic carbocycles. The summed E-state index contributed by atoms with van der Waals surface area (Å²) in [7, 11) is 0. The van der Waals surface area contributed by atoms with Gasteiger partial charge in [0.25, 0.3) is 0 Å². The summed E-state index contributed by atoms with van der Waals surface area (Å²) in [5, 5.41) is 0. The molecule has 1 aromatic heterocycles. The highest BCUT2D eigenvalue weighted by molar-refractivity contribution is 5.59. The summed E-state index contributed by atoms with van der Waals surface area (Å²) in [4.78, 5) is 22.9. The molecule has 1 heterocycles. The van der Waals surface area contributed by atoms with Crippen LogP contribution in [0.5, 0.6) is 0 Å². The Bertz CT molecular complexity index is 976. The lowest BCUT2D eigenvalue weighted by Crippen LogP contribution is -2.52. The Hall–Kier alpha value is -2.08. The lowest BCUT2D eigenvalue weighted by Gasteiger charge is -2.59. The zero-order valence-electron chi connectivity index (χ0n) is 20.7. The quantitative estimate of drug-likeness (QED) is 0.290. The van der Waals surface area contributed by atoms with Gasteiger partial charge in [-0.2, -0.15) is 0 Å².